The quantitative estimate of drug-likeness (QED) is 0.654. The van der Waals surface area contributed by atoms with E-state index in [0.717, 1.165) is 11.3 Å². The monoisotopic (exact) mass is 198 g/mol. The van der Waals surface area contributed by atoms with Gasteiger partial charge in [0.2, 0.25) is 0 Å². The van der Waals surface area contributed by atoms with Gasteiger partial charge in [-0.2, -0.15) is 0 Å². The lowest BCUT2D eigenvalue weighted by Gasteiger charge is -1.91. The number of hydrogen-bond acceptors (Lipinski definition) is 1. The second kappa shape index (κ2) is 3.07. The number of halogens is 2. The zero-order valence-corrected chi connectivity index (χ0v) is 7.92. The van der Waals surface area contributed by atoms with Crippen LogP contribution in [0.15, 0.2) is 18.2 Å². The maximum Gasteiger partial charge on any atom is 0.141 e. The summed E-state index contributed by atoms with van der Waals surface area (Å²) in [4.78, 5) is 1.01. The average Bonchev–Trinajstić information content (AvgIpc) is 2.56. The fourth-order valence-electron chi connectivity index (χ4n) is 1.28. The van der Waals surface area contributed by atoms with Crippen molar-refractivity contribution in [1.29, 1.82) is 0 Å². The molecule has 1 aromatic carbocycles. The summed E-state index contributed by atoms with van der Waals surface area (Å²) in [6.07, 6.45) is 0.818. The molecular formula is C10H8F2S. The first kappa shape index (κ1) is 8.63. The minimum Gasteiger partial charge on any atom is -0.206 e. The molecule has 1 heterocycles. The third-order valence-corrected chi connectivity index (χ3v) is 3.27. The first-order valence-electron chi connectivity index (χ1n) is 4.08. The smallest absolute Gasteiger partial charge is 0.141 e. The van der Waals surface area contributed by atoms with Gasteiger partial charge >= 0.3 is 0 Å². The molecule has 0 N–H and O–H groups in total. The molecule has 0 saturated carbocycles. The molecule has 0 bridgehead atoms. The third kappa shape index (κ3) is 1.33. The lowest BCUT2D eigenvalue weighted by Crippen LogP contribution is -1.77. The Kier molecular flexibility index (Phi) is 2.04. The van der Waals surface area contributed by atoms with Crippen LogP contribution in [0.4, 0.5) is 8.78 Å². The highest BCUT2D eigenvalue weighted by molar-refractivity contribution is 7.19. The Morgan fingerprint density at radius 3 is 2.54 bits per heavy atom. The van der Waals surface area contributed by atoms with Crippen molar-refractivity contribution in [1.82, 2.24) is 0 Å². The fraction of sp³-hybridized carbons (Fsp3) is 0.200. The number of aryl methyl sites for hydroxylation is 1. The number of rotatable bonds is 1. The van der Waals surface area contributed by atoms with Crippen molar-refractivity contribution in [3.05, 3.63) is 34.7 Å². The van der Waals surface area contributed by atoms with E-state index in [-0.39, 0.29) is 11.6 Å². The van der Waals surface area contributed by atoms with Crippen LogP contribution in [-0.2, 0) is 6.42 Å². The van der Waals surface area contributed by atoms with Gasteiger partial charge in [-0.15, -0.1) is 11.3 Å². The fourth-order valence-corrected chi connectivity index (χ4v) is 2.30. The van der Waals surface area contributed by atoms with E-state index in [1.165, 1.54) is 23.5 Å². The molecule has 0 aliphatic heterocycles. The SMILES string of the molecule is CCc1cc2c(F)ccc(F)c2s1. The van der Waals surface area contributed by atoms with Gasteiger partial charge in [0.15, 0.2) is 0 Å². The highest BCUT2D eigenvalue weighted by Gasteiger charge is 2.09. The maximum atomic E-state index is 13.2. The van der Waals surface area contributed by atoms with Crippen LogP contribution >= 0.6 is 11.3 Å². The predicted octanol–water partition coefficient (Wildman–Crippen LogP) is 3.74. The van der Waals surface area contributed by atoms with E-state index >= 15 is 0 Å². The Bertz CT molecular complexity index is 406. The molecule has 0 amide bonds. The molecule has 0 atom stereocenters. The Morgan fingerprint density at radius 1 is 1.23 bits per heavy atom. The van der Waals surface area contributed by atoms with Crippen LogP contribution in [0, 0.1) is 11.6 Å². The Labute approximate surface area is 78.8 Å². The molecular weight excluding hydrogens is 190 g/mol. The lowest BCUT2D eigenvalue weighted by molar-refractivity contribution is 0.619. The summed E-state index contributed by atoms with van der Waals surface area (Å²) in [6, 6.07) is 4.07. The Morgan fingerprint density at radius 2 is 1.92 bits per heavy atom. The molecule has 0 saturated heterocycles. The third-order valence-electron chi connectivity index (χ3n) is 1.98. The average molecular weight is 198 g/mol. The number of hydrogen-bond donors (Lipinski definition) is 0. The number of fused-ring (bicyclic) bond motifs is 1. The van der Waals surface area contributed by atoms with E-state index in [1.54, 1.807) is 6.07 Å². The molecule has 13 heavy (non-hydrogen) atoms. The summed E-state index contributed by atoms with van der Waals surface area (Å²) < 4.78 is 26.7. The largest absolute Gasteiger partial charge is 0.206 e. The van der Waals surface area contributed by atoms with Crippen molar-refractivity contribution in [2.45, 2.75) is 13.3 Å². The topological polar surface area (TPSA) is 0 Å². The first-order valence-corrected chi connectivity index (χ1v) is 4.90. The molecule has 2 aromatic rings. The molecule has 0 unspecified atom stereocenters. The molecule has 0 aliphatic rings. The van der Waals surface area contributed by atoms with E-state index < -0.39 is 0 Å². The zero-order valence-electron chi connectivity index (χ0n) is 7.10. The summed E-state index contributed by atoms with van der Waals surface area (Å²) in [5.41, 5.74) is 0. The summed E-state index contributed by atoms with van der Waals surface area (Å²) in [6.45, 7) is 1.97. The standard InChI is InChI=1S/C10H8F2S/c1-2-6-5-7-8(11)3-4-9(12)10(7)13-6/h3-5H,2H2,1H3. The second-order valence-corrected chi connectivity index (χ2v) is 3.98. The van der Waals surface area contributed by atoms with Crippen LogP contribution < -0.4 is 0 Å². The van der Waals surface area contributed by atoms with Crippen LogP contribution in [0.1, 0.15) is 11.8 Å². The highest BCUT2D eigenvalue weighted by Crippen LogP contribution is 2.30. The van der Waals surface area contributed by atoms with Crippen molar-refractivity contribution < 1.29 is 8.78 Å². The van der Waals surface area contributed by atoms with Crippen LogP contribution in [-0.4, -0.2) is 0 Å². The van der Waals surface area contributed by atoms with Crippen molar-refractivity contribution in [3.63, 3.8) is 0 Å². The molecule has 0 radical (unpaired) electrons. The van der Waals surface area contributed by atoms with Gasteiger partial charge in [0, 0.05) is 10.3 Å². The van der Waals surface area contributed by atoms with Crippen LogP contribution in [0.5, 0.6) is 0 Å². The Hall–Kier alpha value is -0.960. The maximum absolute atomic E-state index is 13.2. The lowest BCUT2D eigenvalue weighted by atomic mass is 10.2. The molecule has 0 spiro atoms. The van der Waals surface area contributed by atoms with Crippen LogP contribution in [0.3, 0.4) is 0 Å². The minimum absolute atomic E-state index is 0.332. The molecule has 2 rings (SSSR count). The highest BCUT2D eigenvalue weighted by atomic mass is 32.1. The molecule has 0 nitrogen and oxygen atoms in total. The summed E-state index contributed by atoms with van der Waals surface area (Å²) >= 11 is 1.32. The van der Waals surface area contributed by atoms with Gasteiger partial charge < -0.3 is 0 Å². The summed E-state index contributed by atoms with van der Waals surface area (Å²) in [5.74, 6) is -0.673. The normalized spacial score (nSPS) is 11.0. The number of benzene rings is 1. The first-order chi connectivity index (χ1) is 6.22. The van der Waals surface area contributed by atoms with Crippen LogP contribution in [0.2, 0.25) is 0 Å². The van der Waals surface area contributed by atoms with Gasteiger partial charge in [-0.25, -0.2) is 8.78 Å². The van der Waals surface area contributed by atoms with Crippen LogP contribution in [0.25, 0.3) is 10.1 Å². The Balaban J connectivity index is 2.80. The summed E-state index contributed by atoms with van der Waals surface area (Å²) in [7, 11) is 0. The summed E-state index contributed by atoms with van der Waals surface area (Å²) in [5, 5.41) is 0.404. The van der Waals surface area contributed by atoms with E-state index in [1.807, 2.05) is 6.92 Å². The van der Waals surface area contributed by atoms with Gasteiger partial charge in [-0.05, 0) is 24.6 Å². The van der Waals surface area contributed by atoms with E-state index in [0.29, 0.717) is 10.1 Å². The van der Waals surface area contributed by atoms with E-state index in [2.05, 4.69) is 0 Å². The second-order valence-electron chi connectivity index (χ2n) is 2.84. The van der Waals surface area contributed by atoms with Gasteiger partial charge in [-0.1, -0.05) is 6.92 Å². The molecule has 1 aromatic heterocycles. The van der Waals surface area contributed by atoms with Gasteiger partial charge in [0.25, 0.3) is 0 Å². The van der Waals surface area contributed by atoms with Gasteiger partial charge in [0.1, 0.15) is 11.6 Å². The zero-order chi connectivity index (χ0) is 9.42. The van der Waals surface area contributed by atoms with E-state index in [9.17, 15) is 8.78 Å². The van der Waals surface area contributed by atoms with Crippen molar-refractivity contribution in [2.75, 3.05) is 0 Å². The van der Waals surface area contributed by atoms with E-state index in [4.69, 9.17) is 0 Å². The van der Waals surface area contributed by atoms with Gasteiger partial charge in [0.05, 0.1) is 4.70 Å². The van der Waals surface area contributed by atoms with Crippen molar-refractivity contribution in [2.24, 2.45) is 0 Å². The molecule has 0 aliphatic carbocycles. The van der Waals surface area contributed by atoms with Crippen molar-refractivity contribution in [3.8, 4) is 0 Å². The van der Waals surface area contributed by atoms with Crippen molar-refractivity contribution >= 4 is 21.4 Å². The molecule has 68 valence electrons. The minimum atomic E-state index is -0.340. The molecule has 0 fully saturated rings. The predicted molar refractivity (Wildman–Crippen MR) is 51.1 cm³/mol. The number of thiophene rings is 1. The van der Waals surface area contributed by atoms with Gasteiger partial charge in [-0.3, -0.25) is 0 Å². The molecule has 3 heteroatoms.